The number of anilines is 1. The highest BCUT2D eigenvalue weighted by atomic mass is 16.5. The molecule has 0 saturated carbocycles. The molecule has 0 spiro atoms. The van der Waals surface area contributed by atoms with Crippen LogP contribution in [0.2, 0.25) is 0 Å². The first-order valence-corrected chi connectivity index (χ1v) is 10.9. The third-order valence-corrected chi connectivity index (χ3v) is 5.34. The van der Waals surface area contributed by atoms with Crippen LogP contribution in [0.15, 0.2) is 67.1 Å². The van der Waals surface area contributed by atoms with E-state index < -0.39 is 0 Å². The second kappa shape index (κ2) is 9.83. The van der Waals surface area contributed by atoms with Gasteiger partial charge in [-0.1, -0.05) is 24.3 Å². The van der Waals surface area contributed by atoms with Crippen molar-refractivity contribution in [1.29, 1.82) is 0 Å². The van der Waals surface area contributed by atoms with Crippen LogP contribution in [0.1, 0.15) is 19.4 Å². The van der Waals surface area contributed by atoms with Crippen molar-refractivity contribution < 1.29 is 9.47 Å². The molecular weight excluding hydrogens is 400 g/mol. The largest absolute Gasteiger partial charge is 0.491 e. The Morgan fingerprint density at radius 3 is 2.62 bits per heavy atom. The number of pyridine rings is 1. The first kappa shape index (κ1) is 21.8. The maximum Gasteiger partial charge on any atom is 0.119 e. The van der Waals surface area contributed by atoms with Gasteiger partial charge in [0.25, 0.3) is 0 Å². The van der Waals surface area contributed by atoms with Crippen LogP contribution in [0.3, 0.4) is 0 Å². The molecule has 166 valence electrons. The van der Waals surface area contributed by atoms with E-state index in [1.165, 1.54) is 5.56 Å². The molecule has 0 fully saturated rings. The number of hydrogen-bond acceptors (Lipinski definition) is 5. The van der Waals surface area contributed by atoms with Gasteiger partial charge in [0.2, 0.25) is 0 Å². The Morgan fingerprint density at radius 2 is 1.88 bits per heavy atom. The maximum atomic E-state index is 5.76. The fraction of sp³-hybridized carbons (Fsp3) is 0.308. The van der Waals surface area contributed by atoms with Crippen molar-refractivity contribution in [1.82, 2.24) is 14.8 Å². The van der Waals surface area contributed by atoms with Crippen LogP contribution in [0.5, 0.6) is 5.75 Å². The lowest BCUT2D eigenvalue weighted by Gasteiger charge is -2.21. The number of aromatic nitrogens is 3. The van der Waals surface area contributed by atoms with Crippen LogP contribution < -0.4 is 9.64 Å². The molecule has 0 aliphatic rings. The Hall–Kier alpha value is -3.38. The summed E-state index contributed by atoms with van der Waals surface area (Å²) in [5.74, 6) is 0.897. The van der Waals surface area contributed by atoms with Gasteiger partial charge in [-0.15, -0.1) is 0 Å². The number of rotatable bonds is 9. The zero-order valence-corrected chi connectivity index (χ0v) is 19.2. The van der Waals surface area contributed by atoms with E-state index in [9.17, 15) is 0 Å². The van der Waals surface area contributed by atoms with Gasteiger partial charge in [0.05, 0.1) is 36.7 Å². The lowest BCUT2D eigenvalue weighted by atomic mass is 10.0. The minimum absolute atomic E-state index is 0.173. The first-order chi connectivity index (χ1) is 15.5. The van der Waals surface area contributed by atoms with Gasteiger partial charge in [-0.3, -0.25) is 9.67 Å². The Morgan fingerprint density at radius 1 is 1.06 bits per heavy atom. The van der Waals surface area contributed by atoms with Crippen molar-refractivity contribution >= 4 is 16.6 Å². The maximum absolute atomic E-state index is 5.76. The molecular formula is C26H30N4O2. The molecule has 2 aromatic heterocycles. The zero-order valence-electron chi connectivity index (χ0n) is 19.2. The molecule has 2 aromatic carbocycles. The molecule has 0 unspecified atom stereocenters. The van der Waals surface area contributed by atoms with Gasteiger partial charge in [-0.2, -0.15) is 5.10 Å². The third kappa shape index (κ3) is 4.92. The minimum atomic E-state index is 0.173. The SMILES string of the molecule is COCCn1cc(-c2ccnc3c(N(C)Cc4ccc(OC(C)C)cc4)cccc23)cn1. The predicted octanol–water partition coefficient (Wildman–Crippen LogP) is 5.17. The van der Waals surface area contributed by atoms with E-state index in [1.807, 2.05) is 43.1 Å². The Labute approximate surface area is 189 Å². The van der Waals surface area contributed by atoms with Crippen molar-refractivity contribution in [2.75, 3.05) is 25.7 Å². The summed E-state index contributed by atoms with van der Waals surface area (Å²) in [6.45, 7) is 6.22. The smallest absolute Gasteiger partial charge is 0.119 e. The molecule has 6 heteroatoms. The minimum Gasteiger partial charge on any atom is -0.491 e. The van der Waals surface area contributed by atoms with Gasteiger partial charge in [-0.25, -0.2) is 0 Å². The topological polar surface area (TPSA) is 52.4 Å². The third-order valence-electron chi connectivity index (χ3n) is 5.34. The second-order valence-electron chi connectivity index (χ2n) is 8.18. The summed E-state index contributed by atoms with van der Waals surface area (Å²) in [5.41, 5.74) is 5.50. The van der Waals surface area contributed by atoms with Crippen LogP contribution in [-0.4, -0.2) is 41.6 Å². The van der Waals surface area contributed by atoms with Crippen LogP contribution in [-0.2, 0) is 17.8 Å². The lowest BCUT2D eigenvalue weighted by Crippen LogP contribution is -2.17. The summed E-state index contributed by atoms with van der Waals surface area (Å²) in [6.07, 6.45) is 6.01. The van der Waals surface area contributed by atoms with Gasteiger partial charge in [0.1, 0.15) is 5.75 Å². The summed E-state index contributed by atoms with van der Waals surface area (Å²) >= 11 is 0. The van der Waals surface area contributed by atoms with Crippen molar-refractivity contribution in [3.8, 4) is 16.9 Å². The predicted molar refractivity (Wildman–Crippen MR) is 129 cm³/mol. The van der Waals surface area contributed by atoms with Gasteiger partial charge >= 0.3 is 0 Å². The molecule has 0 aliphatic carbocycles. The van der Waals surface area contributed by atoms with E-state index in [-0.39, 0.29) is 6.10 Å². The molecule has 0 bridgehead atoms. The molecule has 2 heterocycles. The van der Waals surface area contributed by atoms with E-state index in [1.54, 1.807) is 7.11 Å². The highest BCUT2D eigenvalue weighted by Gasteiger charge is 2.13. The average molecular weight is 431 g/mol. The molecule has 0 N–H and O–H groups in total. The first-order valence-electron chi connectivity index (χ1n) is 10.9. The van der Waals surface area contributed by atoms with Gasteiger partial charge in [0, 0.05) is 44.0 Å². The van der Waals surface area contributed by atoms with E-state index in [0.29, 0.717) is 6.61 Å². The molecule has 0 amide bonds. The highest BCUT2D eigenvalue weighted by Crippen LogP contribution is 2.32. The quantitative estimate of drug-likeness (QED) is 0.367. The van der Waals surface area contributed by atoms with Crippen molar-refractivity contribution in [3.05, 3.63) is 72.7 Å². The van der Waals surface area contributed by atoms with Crippen LogP contribution >= 0.6 is 0 Å². The number of benzene rings is 2. The summed E-state index contributed by atoms with van der Waals surface area (Å²) in [4.78, 5) is 6.96. The van der Waals surface area contributed by atoms with E-state index >= 15 is 0 Å². The number of hydrogen-bond donors (Lipinski definition) is 0. The van der Waals surface area contributed by atoms with Crippen LogP contribution in [0.25, 0.3) is 22.0 Å². The standard InChI is InChI=1S/C26H30N4O2/c1-19(2)32-22-10-8-20(9-11-22)17-29(3)25-7-5-6-24-23(12-13-27-26(24)25)21-16-28-30(18-21)14-15-31-4/h5-13,16,18-19H,14-15,17H2,1-4H3. The van der Waals surface area contributed by atoms with Gasteiger partial charge in [0.15, 0.2) is 0 Å². The Balaban J connectivity index is 1.59. The summed E-state index contributed by atoms with van der Waals surface area (Å²) in [6, 6.07) is 16.7. The van der Waals surface area contributed by atoms with E-state index in [0.717, 1.165) is 46.6 Å². The average Bonchev–Trinajstić information content (AvgIpc) is 3.26. The van der Waals surface area contributed by atoms with E-state index in [4.69, 9.17) is 14.5 Å². The number of fused-ring (bicyclic) bond motifs is 1. The van der Waals surface area contributed by atoms with Crippen molar-refractivity contribution in [2.45, 2.75) is 33.0 Å². The van der Waals surface area contributed by atoms with Crippen LogP contribution in [0.4, 0.5) is 5.69 Å². The fourth-order valence-electron chi connectivity index (χ4n) is 3.83. The van der Waals surface area contributed by atoms with E-state index in [2.05, 4.69) is 59.6 Å². The van der Waals surface area contributed by atoms with Gasteiger partial charge < -0.3 is 14.4 Å². The van der Waals surface area contributed by atoms with Crippen LogP contribution in [0, 0.1) is 0 Å². The number of para-hydroxylation sites is 1. The molecule has 0 saturated heterocycles. The second-order valence-corrected chi connectivity index (χ2v) is 8.18. The number of ether oxygens (including phenoxy) is 2. The summed E-state index contributed by atoms with van der Waals surface area (Å²) < 4.78 is 12.8. The molecule has 32 heavy (non-hydrogen) atoms. The molecule has 4 rings (SSSR count). The summed E-state index contributed by atoms with van der Waals surface area (Å²) in [5, 5.41) is 5.59. The lowest BCUT2D eigenvalue weighted by molar-refractivity contribution is 0.183. The number of nitrogens with zero attached hydrogens (tertiary/aromatic N) is 4. The summed E-state index contributed by atoms with van der Waals surface area (Å²) in [7, 11) is 3.80. The fourth-order valence-corrected chi connectivity index (χ4v) is 3.83. The monoisotopic (exact) mass is 430 g/mol. The van der Waals surface area contributed by atoms with Gasteiger partial charge in [-0.05, 0) is 49.2 Å². The molecule has 0 radical (unpaired) electrons. The molecule has 0 aliphatic heterocycles. The van der Waals surface area contributed by atoms with Crippen molar-refractivity contribution in [2.24, 2.45) is 0 Å². The molecule has 0 atom stereocenters. The Bertz CT molecular complexity index is 1170. The highest BCUT2D eigenvalue weighted by molar-refractivity contribution is 6.00. The Kier molecular flexibility index (Phi) is 6.71. The molecule has 6 nitrogen and oxygen atoms in total. The number of methoxy groups -OCH3 is 1. The zero-order chi connectivity index (χ0) is 22.5. The normalized spacial score (nSPS) is 11.3. The molecule has 4 aromatic rings. The van der Waals surface area contributed by atoms with Crippen molar-refractivity contribution in [3.63, 3.8) is 0 Å².